The van der Waals surface area contributed by atoms with Crippen LogP contribution in [0.5, 0.6) is 0 Å². The van der Waals surface area contributed by atoms with Crippen LogP contribution >= 0.6 is 11.6 Å². The van der Waals surface area contributed by atoms with Crippen molar-refractivity contribution < 1.29 is 9.90 Å². The fourth-order valence-corrected chi connectivity index (χ4v) is 7.05. The number of hydrogen-bond donors (Lipinski definition) is 1. The summed E-state index contributed by atoms with van der Waals surface area (Å²) in [5, 5.41) is 10.5. The molecule has 0 aromatic carbocycles. The lowest BCUT2D eigenvalue weighted by molar-refractivity contribution is -0.117. The first-order valence-electron chi connectivity index (χ1n) is 8.93. The van der Waals surface area contributed by atoms with Gasteiger partial charge in [-0.3, -0.25) is 4.79 Å². The summed E-state index contributed by atoms with van der Waals surface area (Å²) >= 11 is 6.75. The molecule has 7 atom stereocenters. The molecule has 0 aliphatic heterocycles. The normalized spacial score (nSPS) is 54.3. The van der Waals surface area contributed by atoms with E-state index in [2.05, 4.69) is 13.8 Å². The zero-order chi connectivity index (χ0) is 15.7. The zero-order valence-corrected chi connectivity index (χ0v) is 14.4. The van der Waals surface area contributed by atoms with Crippen LogP contribution in [0.15, 0.2) is 11.6 Å². The average molecular weight is 323 g/mol. The lowest BCUT2D eigenvalue weighted by Gasteiger charge is -2.58. The van der Waals surface area contributed by atoms with Crippen LogP contribution in [0.1, 0.15) is 58.8 Å². The molecule has 0 aromatic heterocycles. The van der Waals surface area contributed by atoms with E-state index >= 15 is 0 Å². The van der Waals surface area contributed by atoms with Crippen LogP contribution in [0.2, 0.25) is 0 Å². The fourth-order valence-electron chi connectivity index (χ4n) is 6.53. The summed E-state index contributed by atoms with van der Waals surface area (Å²) in [6, 6.07) is 0. The van der Waals surface area contributed by atoms with Gasteiger partial charge in [0.05, 0.1) is 11.5 Å². The van der Waals surface area contributed by atoms with Gasteiger partial charge in [-0.15, -0.1) is 11.6 Å². The largest absolute Gasteiger partial charge is 0.393 e. The Bertz CT molecular complexity index is 542. The molecule has 1 N–H and O–H groups in total. The van der Waals surface area contributed by atoms with Crippen molar-refractivity contribution in [2.24, 2.45) is 28.6 Å². The van der Waals surface area contributed by atoms with E-state index in [1.54, 1.807) is 0 Å². The van der Waals surface area contributed by atoms with Crippen LogP contribution in [0.3, 0.4) is 0 Å². The van der Waals surface area contributed by atoms with Gasteiger partial charge in [-0.25, -0.2) is 0 Å². The number of rotatable bonds is 0. The quantitative estimate of drug-likeness (QED) is 0.682. The van der Waals surface area contributed by atoms with E-state index in [1.807, 2.05) is 6.08 Å². The standard InChI is InChI=1S/C19H27ClO2/c1-18-7-5-11(21)9-15(18)16(20)10-12-13-3-4-17(22)19(13,2)8-6-14(12)18/h9,12-14,16-17,22H,3-8,10H2,1-2H3. The second-order valence-electron chi connectivity index (χ2n) is 8.70. The Morgan fingerprint density at radius 2 is 1.95 bits per heavy atom. The van der Waals surface area contributed by atoms with Crippen molar-refractivity contribution in [1.82, 2.24) is 0 Å². The molecule has 7 unspecified atom stereocenters. The molecule has 0 saturated heterocycles. The highest BCUT2D eigenvalue weighted by molar-refractivity contribution is 6.23. The van der Waals surface area contributed by atoms with Crippen LogP contribution in [-0.2, 0) is 4.79 Å². The number of carbonyl (C=O) groups excluding carboxylic acids is 1. The Morgan fingerprint density at radius 1 is 1.18 bits per heavy atom. The van der Waals surface area contributed by atoms with E-state index in [4.69, 9.17) is 11.6 Å². The smallest absolute Gasteiger partial charge is 0.155 e. The van der Waals surface area contributed by atoms with E-state index in [-0.39, 0.29) is 28.1 Å². The van der Waals surface area contributed by atoms with Crippen LogP contribution in [0.4, 0.5) is 0 Å². The van der Waals surface area contributed by atoms with Crippen LogP contribution in [0.25, 0.3) is 0 Å². The summed E-state index contributed by atoms with van der Waals surface area (Å²) < 4.78 is 0. The van der Waals surface area contributed by atoms with Gasteiger partial charge in [0, 0.05) is 6.42 Å². The first kappa shape index (κ1) is 15.2. The molecule has 0 amide bonds. The Kier molecular flexibility index (Phi) is 3.34. The zero-order valence-electron chi connectivity index (χ0n) is 13.6. The number of aliphatic hydroxyl groups excluding tert-OH is 1. The molecule has 0 radical (unpaired) electrons. The summed E-state index contributed by atoms with van der Waals surface area (Å²) in [5.74, 6) is 2.13. The first-order chi connectivity index (χ1) is 10.4. The maximum absolute atomic E-state index is 11.9. The minimum absolute atomic E-state index is 0.00981. The molecule has 3 heteroatoms. The lowest BCUT2D eigenvalue weighted by Crippen LogP contribution is -2.53. The van der Waals surface area contributed by atoms with Crippen molar-refractivity contribution in [3.8, 4) is 0 Å². The number of carbonyl (C=O) groups is 1. The van der Waals surface area contributed by atoms with Crippen molar-refractivity contribution in [2.45, 2.75) is 70.3 Å². The molecule has 122 valence electrons. The van der Waals surface area contributed by atoms with Gasteiger partial charge < -0.3 is 5.11 Å². The molecular formula is C19H27ClO2. The molecule has 3 fully saturated rings. The molecule has 0 aromatic rings. The Balaban J connectivity index is 1.73. The molecule has 3 saturated carbocycles. The number of hydrogen-bond acceptors (Lipinski definition) is 2. The van der Waals surface area contributed by atoms with E-state index in [0.717, 1.165) is 32.1 Å². The molecule has 4 rings (SSSR count). The van der Waals surface area contributed by atoms with Crippen molar-refractivity contribution in [2.75, 3.05) is 0 Å². The number of halogens is 1. The molecule has 4 aliphatic rings. The average Bonchev–Trinajstić information content (AvgIpc) is 2.77. The molecule has 0 spiro atoms. The van der Waals surface area contributed by atoms with Gasteiger partial charge in [-0.2, -0.15) is 0 Å². The Morgan fingerprint density at radius 3 is 2.73 bits per heavy atom. The summed E-state index contributed by atoms with van der Waals surface area (Å²) in [6.45, 7) is 4.65. The third kappa shape index (κ3) is 1.86. The number of allylic oxidation sites excluding steroid dienone is 1. The lowest BCUT2D eigenvalue weighted by atomic mass is 9.47. The number of alkyl halides is 1. The molecule has 4 aliphatic carbocycles. The summed E-state index contributed by atoms with van der Waals surface area (Å²) in [4.78, 5) is 11.9. The number of ketones is 1. The summed E-state index contributed by atoms with van der Waals surface area (Å²) in [7, 11) is 0. The van der Waals surface area contributed by atoms with E-state index in [9.17, 15) is 9.90 Å². The van der Waals surface area contributed by atoms with E-state index in [0.29, 0.717) is 24.2 Å². The Hall–Kier alpha value is -0.340. The highest BCUT2D eigenvalue weighted by Crippen LogP contribution is 2.65. The number of fused-ring (bicyclic) bond motifs is 5. The highest BCUT2D eigenvalue weighted by Gasteiger charge is 2.60. The second kappa shape index (κ2) is 4.83. The maximum Gasteiger partial charge on any atom is 0.155 e. The molecule has 0 bridgehead atoms. The van der Waals surface area contributed by atoms with Gasteiger partial charge >= 0.3 is 0 Å². The van der Waals surface area contributed by atoms with Crippen LogP contribution < -0.4 is 0 Å². The summed E-state index contributed by atoms with van der Waals surface area (Å²) in [5.41, 5.74) is 1.42. The monoisotopic (exact) mass is 322 g/mol. The fraction of sp³-hybridized carbons (Fsp3) is 0.842. The maximum atomic E-state index is 11.9. The number of aliphatic hydroxyl groups is 1. The van der Waals surface area contributed by atoms with Gasteiger partial charge in [-0.05, 0) is 78.8 Å². The van der Waals surface area contributed by atoms with Crippen LogP contribution in [0, 0.1) is 28.6 Å². The van der Waals surface area contributed by atoms with Gasteiger partial charge in [0.2, 0.25) is 0 Å². The van der Waals surface area contributed by atoms with Crippen molar-refractivity contribution >= 4 is 17.4 Å². The third-order valence-electron chi connectivity index (χ3n) is 7.89. The van der Waals surface area contributed by atoms with Gasteiger partial charge in [0.1, 0.15) is 0 Å². The highest BCUT2D eigenvalue weighted by atomic mass is 35.5. The Labute approximate surface area is 138 Å². The van der Waals surface area contributed by atoms with Gasteiger partial charge in [-0.1, -0.05) is 13.8 Å². The van der Waals surface area contributed by atoms with Crippen LogP contribution in [-0.4, -0.2) is 22.4 Å². The van der Waals surface area contributed by atoms with Gasteiger partial charge in [0.15, 0.2) is 5.78 Å². The summed E-state index contributed by atoms with van der Waals surface area (Å²) in [6.07, 6.45) is 8.79. The van der Waals surface area contributed by atoms with Gasteiger partial charge in [0.25, 0.3) is 0 Å². The van der Waals surface area contributed by atoms with E-state index < -0.39 is 0 Å². The van der Waals surface area contributed by atoms with Crippen molar-refractivity contribution in [3.63, 3.8) is 0 Å². The predicted molar refractivity (Wildman–Crippen MR) is 87.7 cm³/mol. The first-order valence-corrected chi connectivity index (χ1v) is 9.37. The molecular weight excluding hydrogens is 296 g/mol. The minimum atomic E-state index is -0.134. The second-order valence-corrected chi connectivity index (χ2v) is 9.23. The molecule has 2 nitrogen and oxygen atoms in total. The molecule has 22 heavy (non-hydrogen) atoms. The van der Waals surface area contributed by atoms with E-state index in [1.165, 1.54) is 12.0 Å². The third-order valence-corrected chi connectivity index (χ3v) is 8.30. The van der Waals surface area contributed by atoms with Crippen molar-refractivity contribution in [3.05, 3.63) is 11.6 Å². The molecule has 0 heterocycles. The predicted octanol–water partition coefficient (Wildman–Crippen LogP) is 4.10. The SMILES string of the molecule is CC12CCC(=O)C=C1C(Cl)CC1C2CCC2(C)C(O)CCC12. The van der Waals surface area contributed by atoms with Crippen molar-refractivity contribution in [1.29, 1.82) is 0 Å². The minimum Gasteiger partial charge on any atom is -0.393 e. The topological polar surface area (TPSA) is 37.3 Å².